The second-order valence-electron chi connectivity index (χ2n) is 8.33. The van der Waals surface area contributed by atoms with E-state index in [1.54, 1.807) is 0 Å². The number of carbonyl (C=O) groups is 1. The first-order chi connectivity index (χ1) is 15.7. The van der Waals surface area contributed by atoms with E-state index in [-0.39, 0.29) is 18.3 Å². The summed E-state index contributed by atoms with van der Waals surface area (Å²) in [5, 5.41) is 7.59. The van der Waals surface area contributed by atoms with Gasteiger partial charge >= 0.3 is 0 Å². The van der Waals surface area contributed by atoms with E-state index in [9.17, 15) is 4.79 Å². The Morgan fingerprint density at radius 2 is 1.76 bits per heavy atom. The lowest BCUT2D eigenvalue weighted by atomic mass is 10.1. The molecule has 0 spiro atoms. The van der Waals surface area contributed by atoms with Crippen molar-refractivity contribution in [2.24, 2.45) is 0 Å². The summed E-state index contributed by atoms with van der Waals surface area (Å²) in [6, 6.07) is 23.7. The molecule has 2 heterocycles. The van der Waals surface area contributed by atoms with Crippen LogP contribution in [0.3, 0.4) is 0 Å². The van der Waals surface area contributed by atoms with Crippen LogP contribution >= 0.6 is 12.4 Å². The average Bonchev–Trinajstić information content (AvgIpc) is 3.26. The molecule has 5 nitrogen and oxygen atoms in total. The Labute approximate surface area is 200 Å². The smallest absolute Gasteiger partial charge is 0.255 e. The molecule has 0 aliphatic carbocycles. The van der Waals surface area contributed by atoms with Gasteiger partial charge in [0.1, 0.15) is 11.3 Å². The largest absolute Gasteiger partial charge is 0.456 e. The van der Waals surface area contributed by atoms with Gasteiger partial charge in [0.05, 0.1) is 5.69 Å². The highest BCUT2D eigenvalue weighted by molar-refractivity contribution is 6.06. The molecule has 170 valence electrons. The van der Waals surface area contributed by atoms with E-state index >= 15 is 0 Å². The molecular formula is C27H28ClN3O2. The quantitative estimate of drug-likeness (QED) is 0.412. The predicted octanol–water partition coefficient (Wildman–Crippen LogP) is 5.49. The molecule has 1 aliphatic rings. The molecule has 33 heavy (non-hydrogen) atoms. The zero-order valence-corrected chi connectivity index (χ0v) is 19.5. The van der Waals surface area contributed by atoms with Gasteiger partial charge in [-0.15, -0.1) is 12.4 Å². The summed E-state index contributed by atoms with van der Waals surface area (Å²) in [6.45, 7) is 7.07. The summed E-state index contributed by atoms with van der Waals surface area (Å²) in [6.07, 6.45) is 0. The van der Waals surface area contributed by atoms with Gasteiger partial charge in [-0.3, -0.25) is 9.69 Å². The monoisotopic (exact) mass is 461 g/mol. The van der Waals surface area contributed by atoms with Gasteiger partial charge in [-0.1, -0.05) is 42.0 Å². The maximum Gasteiger partial charge on any atom is 0.255 e. The number of para-hydroxylation sites is 1. The number of nitrogens with one attached hydrogen (secondary N) is 2. The van der Waals surface area contributed by atoms with Crippen molar-refractivity contribution in [3.05, 3.63) is 89.5 Å². The lowest BCUT2D eigenvalue weighted by Gasteiger charge is -2.27. The Hall–Kier alpha value is -3.12. The molecular weight excluding hydrogens is 434 g/mol. The van der Waals surface area contributed by atoms with Gasteiger partial charge in [-0.05, 0) is 48.9 Å². The number of carbonyl (C=O) groups excluding carboxylic acids is 1. The van der Waals surface area contributed by atoms with Gasteiger partial charge < -0.3 is 15.1 Å². The Balaban J connectivity index is 0.00000259. The zero-order chi connectivity index (χ0) is 21.9. The fraction of sp³-hybridized carbons (Fsp3) is 0.222. The van der Waals surface area contributed by atoms with Crippen LogP contribution in [0.5, 0.6) is 0 Å². The second-order valence-corrected chi connectivity index (χ2v) is 8.33. The number of amides is 1. The lowest BCUT2D eigenvalue weighted by molar-refractivity contribution is 0.102. The molecule has 1 fully saturated rings. The minimum absolute atomic E-state index is 0. The molecule has 0 unspecified atom stereocenters. The van der Waals surface area contributed by atoms with Gasteiger partial charge in [0, 0.05) is 49.2 Å². The highest BCUT2D eigenvalue weighted by Crippen LogP contribution is 2.34. The first-order valence-corrected chi connectivity index (χ1v) is 11.1. The minimum Gasteiger partial charge on any atom is -0.456 e. The van der Waals surface area contributed by atoms with E-state index in [0.717, 1.165) is 66.3 Å². The van der Waals surface area contributed by atoms with Crippen molar-refractivity contribution in [1.29, 1.82) is 0 Å². The third-order valence-corrected chi connectivity index (χ3v) is 6.01. The molecule has 2 N–H and O–H groups in total. The van der Waals surface area contributed by atoms with E-state index in [1.165, 1.54) is 5.56 Å². The van der Waals surface area contributed by atoms with Crippen LogP contribution in [-0.4, -0.2) is 37.0 Å². The number of aryl methyl sites for hydroxylation is 1. The molecule has 0 bridgehead atoms. The summed E-state index contributed by atoms with van der Waals surface area (Å²) in [5.41, 5.74) is 5.50. The van der Waals surface area contributed by atoms with Crippen LogP contribution in [-0.2, 0) is 6.54 Å². The molecule has 1 amide bonds. The maximum absolute atomic E-state index is 12.8. The van der Waals surface area contributed by atoms with Crippen molar-refractivity contribution in [2.75, 3.05) is 31.5 Å². The molecule has 4 aromatic rings. The standard InChI is InChI=1S/C27H27N3O2.ClH/c1-19-9-11-20(12-10-19)27(31)29-24-7-3-2-6-22(24)26-17-23-21(5-4-8-25(23)32-26)18-30-15-13-28-14-16-30;/h2-12,17,28H,13-16,18H2,1H3,(H,29,31);1H. The third-order valence-electron chi connectivity index (χ3n) is 6.01. The van der Waals surface area contributed by atoms with E-state index in [2.05, 4.69) is 33.7 Å². The van der Waals surface area contributed by atoms with Crippen molar-refractivity contribution in [2.45, 2.75) is 13.5 Å². The van der Waals surface area contributed by atoms with E-state index in [1.807, 2.05) is 61.5 Å². The molecule has 0 radical (unpaired) electrons. The van der Waals surface area contributed by atoms with Crippen LogP contribution in [0.25, 0.3) is 22.3 Å². The Morgan fingerprint density at radius 3 is 2.55 bits per heavy atom. The number of hydrogen-bond acceptors (Lipinski definition) is 4. The number of piperazine rings is 1. The van der Waals surface area contributed by atoms with Crippen LogP contribution in [0.15, 0.2) is 77.2 Å². The van der Waals surface area contributed by atoms with Gasteiger partial charge in [-0.25, -0.2) is 0 Å². The topological polar surface area (TPSA) is 57.5 Å². The van der Waals surface area contributed by atoms with Gasteiger partial charge in [0.15, 0.2) is 0 Å². The molecule has 3 aromatic carbocycles. The Morgan fingerprint density at radius 1 is 1.00 bits per heavy atom. The highest BCUT2D eigenvalue weighted by atomic mass is 35.5. The molecule has 0 atom stereocenters. The first kappa shape index (κ1) is 23.1. The fourth-order valence-electron chi connectivity index (χ4n) is 4.21. The summed E-state index contributed by atoms with van der Waals surface area (Å²) < 4.78 is 6.25. The normalized spacial score (nSPS) is 14.1. The number of benzene rings is 3. The van der Waals surface area contributed by atoms with Crippen LogP contribution in [0, 0.1) is 6.92 Å². The number of nitrogens with zero attached hydrogens (tertiary/aromatic N) is 1. The van der Waals surface area contributed by atoms with Gasteiger partial charge in [-0.2, -0.15) is 0 Å². The number of furan rings is 1. The van der Waals surface area contributed by atoms with Crippen molar-refractivity contribution in [3.63, 3.8) is 0 Å². The number of hydrogen-bond donors (Lipinski definition) is 2. The van der Waals surface area contributed by atoms with Crippen molar-refractivity contribution in [1.82, 2.24) is 10.2 Å². The maximum atomic E-state index is 12.8. The van der Waals surface area contributed by atoms with E-state index in [0.29, 0.717) is 5.56 Å². The molecule has 5 rings (SSSR count). The van der Waals surface area contributed by atoms with E-state index < -0.39 is 0 Å². The zero-order valence-electron chi connectivity index (χ0n) is 18.6. The van der Waals surface area contributed by atoms with Crippen LogP contribution < -0.4 is 10.6 Å². The minimum atomic E-state index is -0.132. The SMILES string of the molecule is Cc1ccc(C(=O)Nc2ccccc2-c2cc3c(CN4CCNCC4)cccc3o2)cc1.Cl. The number of halogens is 1. The Kier molecular flexibility index (Phi) is 7.14. The Bertz CT molecular complexity index is 1240. The average molecular weight is 462 g/mol. The number of anilines is 1. The fourth-order valence-corrected chi connectivity index (χ4v) is 4.21. The second kappa shape index (κ2) is 10.2. The number of fused-ring (bicyclic) bond motifs is 1. The summed E-state index contributed by atoms with van der Waals surface area (Å²) >= 11 is 0. The molecule has 1 aliphatic heterocycles. The summed E-state index contributed by atoms with van der Waals surface area (Å²) in [7, 11) is 0. The van der Waals surface area contributed by atoms with Crippen molar-refractivity contribution in [3.8, 4) is 11.3 Å². The van der Waals surface area contributed by atoms with E-state index in [4.69, 9.17) is 4.42 Å². The molecule has 1 saturated heterocycles. The van der Waals surface area contributed by atoms with Crippen LogP contribution in [0.4, 0.5) is 5.69 Å². The lowest BCUT2D eigenvalue weighted by Crippen LogP contribution is -2.42. The number of rotatable bonds is 5. The van der Waals surface area contributed by atoms with Gasteiger partial charge in [0.25, 0.3) is 5.91 Å². The van der Waals surface area contributed by atoms with Crippen molar-refractivity contribution >= 4 is 35.0 Å². The highest BCUT2D eigenvalue weighted by Gasteiger charge is 2.17. The predicted molar refractivity (Wildman–Crippen MR) is 136 cm³/mol. The summed E-state index contributed by atoms with van der Waals surface area (Å²) in [4.78, 5) is 15.3. The van der Waals surface area contributed by atoms with Crippen LogP contribution in [0.2, 0.25) is 0 Å². The third kappa shape index (κ3) is 5.11. The first-order valence-electron chi connectivity index (χ1n) is 11.1. The molecule has 0 saturated carbocycles. The summed E-state index contributed by atoms with van der Waals surface area (Å²) in [5.74, 6) is 0.625. The van der Waals surface area contributed by atoms with Crippen molar-refractivity contribution < 1.29 is 9.21 Å². The molecule has 6 heteroatoms. The van der Waals surface area contributed by atoms with Crippen LogP contribution in [0.1, 0.15) is 21.5 Å². The van der Waals surface area contributed by atoms with Gasteiger partial charge in [0.2, 0.25) is 0 Å². The molecule has 1 aromatic heterocycles.